The van der Waals surface area contributed by atoms with Gasteiger partial charge in [0.25, 0.3) is 11.6 Å². The molecule has 25 heavy (non-hydrogen) atoms. The van der Waals surface area contributed by atoms with Crippen LogP contribution in [-0.2, 0) is 7.05 Å². The van der Waals surface area contributed by atoms with E-state index in [1.165, 1.54) is 35.6 Å². The number of nitro groups is 1. The van der Waals surface area contributed by atoms with Crippen molar-refractivity contribution in [1.82, 2.24) is 4.57 Å². The number of aromatic nitrogens is 1. The molecule has 128 valence electrons. The summed E-state index contributed by atoms with van der Waals surface area (Å²) in [6.07, 6.45) is 0. The number of fused-ring (bicyclic) bond motifs is 1. The molecule has 0 N–H and O–H groups in total. The molecular formula is C17H15N3O4S. The van der Waals surface area contributed by atoms with Crippen molar-refractivity contribution in [3.63, 3.8) is 0 Å². The molecule has 0 fully saturated rings. The van der Waals surface area contributed by atoms with E-state index >= 15 is 0 Å². The molecule has 0 radical (unpaired) electrons. The van der Waals surface area contributed by atoms with E-state index in [0.717, 1.165) is 16.0 Å². The molecule has 0 aliphatic heterocycles. The summed E-state index contributed by atoms with van der Waals surface area (Å²) in [7, 11) is 1.82. The van der Waals surface area contributed by atoms with Crippen molar-refractivity contribution >= 4 is 33.1 Å². The molecule has 2 aromatic carbocycles. The van der Waals surface area contributed by atoms with Crippen molar-refractivity contribution in [2.75, 3.05) is 6.61 Å². The van der Waals surface area contributed by atoms with Crippen molar-refractivity contribution < 1.29 is 14.5 Å². The van der Waals surface area contributed by atoms with Gasteiger partial charge in [-0.05, 0) is 31.2 Å². The van der Waals surface area contributed by atoms with Crippen LogP contribution in [0.4, 0.5) is 5.69 Å². The van der Waals surface area contributed by atoms with Gasteiger partial charge in [-0.3, -0.25) is 14.9 Å². The van der Waals surface area contributed by atoms with E-state index in [1.54, 1.807) is 0 Å². The predicted octanol–water partition coefficient (Wildman–Crippen LogP) is 3.29. The first-order chi connectivity index (χ1) is 12.0. The highest BCUT2D eigenvalue weighted by molar-refractivity contribution is 7.16. The first kappa shape index (κ1) is 16.8. The lowest BCUT2D eigenvalue weighted by molar-refractivity contribution is -0.384. The van der Waals surface area contributed by atoms with E-state index in [2.05, 4.69) is 4.99 Å². The SMILES string of the molecule is CCOc1ccc2c(c1)sc(=NC(=O)c1cccc([N+](=O)[O-])c1)n2C. The van der Waals surface area contributed by atoms with Crippen molar-refractivity contribution in [2.24, 2.45) is 12.0 Å². The molecule has 0 aliphatic rings. The maximum Gasteiger partial charge on any atom is 0.279 e. The molecule has 8 heteroatoms. The lowest BCUT2D eigenvalue weighted by Crippen LogP contribution is -2.13. The first-order valence-electron chi connectivity index (χ1n) is 7.55. The number of amides is 1. The zero-order chi connectivity index (χ0) is 18.0. The van der Waals surface area contributed by atoms with E-state index in [1.807, 2.05) is 36.7 Å². The largest absolute Gasteiger partial charge is 0.494 e. The maximum absolute atomic E-state index is 12.4. The van der Waals surface area contributed by atoms with Crippen molar-refractivity contribution in [3.05, 3.63) is 62.9 Å². The van der Waals surface area contributed by atoms with Gasteiger partial charge in [-0.2, -0.15) is 4.99 Å². The molecule has 1 amide bonds. The second-order valence-electron chi connectivity index (χ2n) is 5.23. The fourth-order valence-corrected chi connectivity index (χ4v) is 3.43. The summed E-state index contributed by atoms with van der Waals surface area (Å²) in [4.78, 5) is 27.3. The molecule has 7 nitrogen and oxygen atoms in total. The molecule has 0 atom stereocenters. The minimum absolute atomic E-state index is 0.136. The molecule has 3 rings (SSSR count). The second-order valence-corrected chi connectivity index (χ2v) is 6.24. The van der Waals surface area contributed by atoms with Crippen molar-refractivity contribution in [1.29, 1.82) is 0 Å². The fraction of sp³-hybridized carbons (Fsp3) is 0.176. The number of rotatable bonds is 4. The highest BCUT2D eigenvalue weighted by Gasteiger charge is 2.12. The van der Waals surface area contributed by atoms with Gasteiger partial charge in [0.1, 0.15) is 5.75 Å². The average Bonchev–Trinajstić information content (AvgIpc) is 2.90. The molecule has 3 aromatic rings. The normalized spacial score (nSPS) is 11.7. The van der Waals surface area contributed by atoms with Crippen LogP contribution in [0.15, 0.2) is 47.5 Å². The number of non-ortho nitro benzene ring substituents is 1. The van der Waals surface area contributed by atoms with Gasteiger partial charge in [0.15, 0.2) is 4.80 Å². The Kier molecular flexibility index (Phi) is 4.62. The van der Waals surface area contributed by atoms with Gasteiger partial charge < -0.3 is 9.30 Å². The third kappa shape index (κ3) is 3.43. The number of aryl methyl sites for hydroxylation is 1. The summed E-state index contributed by atoms with van der Waals surface area (Å²) in [6.45, 7) is 2.49. The molecule has 0 aliphatic carbocycles. The number of thiazole rings is 1. The highest BCUT2D eigenvalue weighted by Crippen LogP contribution is 2.23. The van der Waals surface area contributed by atoms with Crippen molar-refractivity contribution in [2.45, 2.75) is 6.92 Å². The Bertz CT molecular complexity index is 1040. The van der Waals surface area contributed by atoms with Gasteiger partial charge in [-0.1, -0.05) is 17.4 Å². The lowest BCUT2D eigenvalue weighted by atomic mass is 10.2. The second kappa shape index (κ2) is 6.86. The third-order valence-corrected chi connectivity index (χ3v) is 4.69. The van der Waals surface area contributed by atoms with Crippen LogP contribution in [0, 0.1) is 10.1 Å². The molecule has 1 aromatic heterocycles. The highest BCUT2D eigenvalue weighted by atomic mass is 32.1. The average molecular weight is 357 g/mol. The van der Waals surface area contributed by atoms with E-state index in [-0.39, 0.29) is 11.3 Å². The maximum atomic E-state index is 12.4. The monoisotopic (exact) mass is 357 g/mol. The topological polar surface area (TPSA) is 86.7 Å². The van der Waals surface area contributed by atoms with E-state index in [9.17, 15) is 14.9 Å². The van der Waals surface area contributed by atoms with Gasteiger partial charge >= 0.3 is 0 Å². The Morgan fingerprint density at radius 2 is 2.12 bits per heavy atom. The predicted molar refractivity (Wildman–Crippen MR) is 95.0 cm³/mol. The minimum Gasteiger partial charge on any atom is -0.494 e. The van der Waals surface area contributed by atoms with Crippen LogP contribution < -0.4 is 9.54 Å². The Hall–Kier alpha value is -3.00. The van der Waals surface area contributed by atoms with Crippen LogP contribution in [0.3, 0.4) is 0 Å². The van der Waals surface area contributed by atoms with Gasteiger partial charge in [-0.15, -0.1) is 0 Å². The summed E-state index contributed by atoms with van der Waals surface area (Å²) < 4.78 is 8.24. The van der Waals surface area contributed by atoms with Crippen LogP contribution >= 0.6 is 11.3 Å². The zero-order valence-corrected chi connectivity index (χ0v) is 14.4. The van der Waals surface area contributed by atoms with Gasteiger partial charge in [0.2, 0.25) is 0 Å². The number of nitrogens with zero attached hydrogens (tertiary/aromatic N) is 3. The summed E-state index contributed by atoms with van der Waals surface area (Å²) in [6, 6.07) is 11.2. The Morgan fingerprint density at radius 3 is 2.84 bits per heavy atom. The Balaban J connectivity index is 2.03. The Labute approximate surface area is 147 Å². The van der Waals surface area contributed by atoms with Crippen molar-refractivity contribution in [3.8, 4) is 5.75 Å². The molecule has 0 saturated carbocycles. The number of carbonyl (C=O) groups is 1. The number of hydrogen-bond donors (Lipinski definition) is 0. The summed E-state index contributed by atoms with van der Waals surface area (Å²) in [5, 5.41) is 10.8. The smallest absolute Gasteiger partial charge is 0.279 e. The van der Waals surface area contributed by atoms with E-state index in [0.29, 0.717) is 11.4 Å². The molecule has 0 unspecified atom stereocenters. The van der Waals surface area contributed by atoms with Gasteiger partial charge in [-0.25, -0.2) is 0 Å². The fourth-order valence-electron chi connectivity index (χ4n) is 2.38. The van der Waals surface area contributed by atoms with Gasteiger partial charge in [0, 0.05) is 24.7 Å². The van der Waals surface area contributed by atoms with Crippen LogP contribution in [0.2, 0.25) is 0 Å². The number of hydrogen-bond acceptors (Lipinski definition) is 5. The molecule has 1 heterocycles. The third-order valence-electron chi connectivity index (χ3n) is 3.59. The minimum atomic E-state index is -0.536. The van der Waals surface area contributed by atoms with Crippen LogP contribution in [0.25, 0.3) is 10.2 Å². The van der Waals surface area contributed by atoms with E-state index in [4.69, 9.17) is 4.74 Å². The first-order valence-corrected chi connectivity index (χ1v) is 8.37. The number of benzene rings is 2. The zero-order valence-electron chi connectivity index (χ0n) is 13.6. The summed E-state index contributed by atoms with van der Waals surface area (Å²) in [5.74, 6) is 0.240. The number of carbonyl (C=O) groups excluding carboxylic acids is 1. The number of ether oxygens (including phenoxy) is 1. The quantitative estimate of drug-likeness (QED) is 0.529. The molecular weight excluding hydrogens is 342 g/mol. The van der Waals surface area contributed by atoms with E-state index < -0.39 is 10.8 Å². The number of nitro benzene ring substituents is 1. The lowest BCUT2D eigenvalue weighted by Gasteiger charge is -2.02. The van der Waals surface area contributed by atoms with Crippen LogP contribution in [-0.4, -0.2) is 22.0 Å². The summed E-state index contributed by atoms with van der Waals surface area (Å²) in [5.41, 5.74) is 0.976. The molecule has 0 spiro atoms. The standard InChI is InChI=1S/C17H15N3O4S/c1-3-24-13-7-8-14-15(10-13)25-17(19(14)2)18-16(21)11-5-4-6-12(9-11)20(22)23/h4-10H,3H2,1-2H3. The molecule has 0 saturated heterocycles. The molecule has 0 bridgehead atoms. The summed E-state index contributed by atoms with van der Waals surface area (Å²) >= 11 is 1.36. The van der Waals surface area contributed by atoms with Crippen LogP contribution in [0.1, 0.15) is 17.3 Å². The Morgan fingerprint density at radius 1 is 1.32 bits per heavy atom. The van der Waals surface area contributed by atoms with Crippen LogP contribution in [0.5, 0.6) is 5.75 Å². The van der Waals surface area contributed by atoms with Gasteiger partial charge in [0.05, 0.1) is 21.7 Å².